The number of carbonyl (C=O) groups excluding carboxylic acids is 1. The van der Waals surface area contributed by atoms with Crippen molar-refractivity contribution >= 4 is 33.2 Å². The summed E-state index contributed by atoms with van der Waals surface area (Å²) in [4.78, 5) is 14.4. The topological polar surface area (TPSA) is 75.7 Å². The van der Waals surface area contributed by atoms with Gasteiger partial charge in [0.25, 0.3) is 15.9 Å². The zero-order valence-electron chi connectivity index (χ0n) is 14.2. The Hall–Kier alpha value is -2.25. The van der Waals surface area contributed by atoms with E-state index in [2.05, 4.69) is 4.72 Å². The number of likely N-dealkylation sites (tertiary alicyclic amines) is 1. The van der Waals surface area contributed by atoms with Crippen LogP contribution in [0.15, 0.2) is 47.4 Å². The van der Waals surface area contributed by atoms with E-state index in [9.17, 15) is 13.2 Å². The SMILES string of the molecule is COc1ccc(S(=O)(=O)Nc2ccc(Cl)c(C(=O)N3CCCC3)c2)cc1. The molecular formula is C18H19ClN2O4S. The van der Waals surface area contributed by atoms with Crippen LogP contribution < -0.4 is 9.46 Å². The van der Waals surface area contributed by atoms with Crippen molar-refractivity contribution in [2.24, 2.45) is 0 Å². The van der Waals surface area contributed by atoms with Crippen LogP contribution in [0.25, 0.3) is 0 Å². The van der Waals surface area contributed by atoms with Crippen molar-refractivity contribution in [1.82, 2.24) is 4.90 Å². The second-order valence-electron chi connectivity index (χ2n) is 5.97. The van der Waals surface area contributed by atoms with E-state index >= 15 is 0 Å². The van der Waals surface area contributed by atoms with Gasteiger partial charge in [-0.3, -0.25) is 9.52 Å². The average Bonchev–Trinajstić information content (AvgIpc) is 3.17. The molecule has 0 unspecified atom stereocenters. The van der Waals surface area contributed by atoms with Gasteiger partial charge in [0.15, 0.2) is 0 Å². The molecule has 138 valence electrons. The van der Waals surface area contributed by atoms with Gasteiger partial charge in [-0.25, -0.2) is 8.42 Å². The third-order valence-electron chi connectivity index (χ3n) is 4.21. The van der Waals surface area contributed by atoms with E-state index < -0.39 is 10.0 Å². The highest BCUT2D eigenvalue weighted by atomic mass is 35.5. The van der Waals surface area contributed by atoms with Crippen molar-refractivity contribution in [2.45, 2.75) is 17.7 Å². The van der Waals surface area contributed by atoms with Crippen LogP contribution in [0.1, 0.15) is 23.2 Å². The predicted molar refractivity (Wildman–Crippen MR) is 100 cm³/mol. The molecule has 1 saturated heterocycles. The van der Waals surface area contributed by atoms with Gasteiger partial charge in [0.2, 0.25) is 0 Å². The van der Waals surface area contributed by atoms with Gasteiger partial charge in [0, 0.05) is 18.8 Å². The maximum absolute atomic E-state index is 12.6. The van der Waals surface area contributed by atoms with Gasteiger partial charge in [-0.2, -0.15) is 0 Å². The molecule has 1 N–H and O–H groups in total. The summed E-state index contributed by atoms with van der Waals surface area (Å²) in [5, 5.41) is 0.300. The van der Waals surface area contributed by atoms with Crippen LogP contribution in [-0.2, 0) is 10.0 Å². The molecule has 0 aliphatic carbocycles. The Morgan fingerprint density at radius 1 is 1.12 bits per heavy atom. The molecule has 0 aromatic heterocycles. The van der Waals surface area contributed by atoms with Crippen LogP contribution in [0.2, 0.25) is 5.02 Å². The number of rotatable bonds is 5. The van der Waals surface area contributed by atoms with Crippen molar-refractivity contribution < 1.29 is 17.9 Å². The zero-order valence-corrected chi connectivity index (χ0v) is 15.8. The lowest BCUT2D eigenvalue weighted by atomic mass is 10.2. The smallest absolute Gasteiger partial charge is 0.261 e. The van der Waals surface area contributed by atoms with E-state index in [1.807, 2.05) is 0 Å². The minimum atomic E-state index is -3.79. The Kier molecular flexibility index (Phi) is 5.38. The van der Waals surface area contributed by atoms with Crippen molar-refractivity contribution in [3.8, 4) is 5.75 Å². The fourth-order valence-electron chi connectivity index (χ4n) is 2.81. The van der Waals surface area contributed by atoms with Crippen LogP contribution in [0, 0.1) is 0 Å². The molecule has 1 fully saturated rings. The van der Waals surface area contributed by atoms with Gasteiger partial charge in [0.1, 0.15) is 5.75 Å². The lowest BCUT2D eigenvalue weighted by Crippen LogP contribution is -2.28. The summed E-state index contributed by atoms with van der Waals surface area (Å²) in [5.41, 5.74) is 0.580. The number of hydrogen-bond acceptors (Lipinski definition) is 4. The molecule has 1 aliphatic rings. The molecule has 0 saturated carbocycles. The summed E-state index contributed by atoms with van der Waals surface area (Å²) in [6.45, 7) is 1.38. The molecule has 1 heterocycles. The number of carbonyl (C=O) groups is 1. The molecule has 0 bridgehead atoms. The standard InChI is InChI=1S/C18H19ClN2O4S/c1-25-14-5-7-15(8-6-14)26(23,24)20-13-4-9-17(19)16(12-13)18(22)21-10-2-3-11-21/h4-9,12,20H,2-3,10-11H2,1H3. The van der Waals surface area contributed by atoms with E-state index in [4.69, 9.17) is 16.3 Å². The van der Waals surface area contributed by atoms with Gasteiger partial charge in [0.05, 0.1) is 22.6 Å². The molecule has 0 atom stereocenters. The largest absolute Gasteiger partial charge is 0.497 e. The fraction of sp³-hybridized carbons (Fsp3) is 0.278. The molecule has 0 spiro atoms. The monoisotopic (exact) mass is 394 g/mol. The number of halogens is 1. The normalized spacial score (nSPS) is 14.3. The summed E-state index contributed by atoms with van der Waals surface area (Å²) in [6.07, 6.45) is 1.93. The van der Waals surface area contributed by atoms with Crippen LogP contribution in [0.4, 0.5) is 5.69 Å². The van der Waals surface area contributed by atoms with E-state index in [-0.39, 0.29) is 16.5 Å². The van der Waals surface area contributed by atoms with Gasteiger partial charge in [-0.05, 0) is 55.3 Å². The highest BCUT2D eigenvalue weighted by molar-refractivity contribution is 7.92. The third kappa shape index (κ3) is 3.94. The maximum Gasteiger partial charge on any atom is 0.261 e. The Balaban J connectivity index is 1.84. The Morgan fingerprint density at radius 2 is 1.77 bits per heavy atom. The molecule has 2 aromatic carbocycles. The van der Waals surface area contributed by atoms with Gasteiger partial charge in [-0.15, -0.1) is 0 Å². The second kappa shape index (κ2) is 7.55. The van der Waals surface area contributed by atoms with Gasteiger partial charge in [-0.1, -0.05) is 11.6 Å². The molecule has 26 heavy (non-hydrogen) atoms. The number of nitrogens with zero attached hydrogens (tertiary/aromatic N) is 1. The van der Waals surface area contributed by atoms with Gasteiger partial charge >= 0.3 is 0 Å². The second-order valence-corrected chi connectivity index (χ2v) is 8.06. The number of ether oxygens (including phenoxy) is 1. The lowest BCUT2D eigenvalue weighted by molar-refractivity contribution is 0.0793. The minimum absolute atomic E-state index is 0.0978. The first-order valence-electron chi connectivity index (χ1n) is 8.16. The number of hydrogen-bond donors (Lipinski definition) is 1. The van der Waals surface area contributed by atoms with Crippen molar-refractivity contribution in [3.63, 3.8) is 0 Å². The highest BCUT2D eigenvalue weighted by Crippen LogP contribution is 2.26. The van der Waals surface area contributed by atoms with Crippen LogP contribution in [0.3, 0.4) is 0 Å². The third-order valence-corrected chi connectivity index (χ3v) is 5.94. The van der Waals surface area contributed by atoms with E-state index in [0.29, 0.717) is 29.4 Å². The lowest BCUT2D eigenvalue weighted by Gasteiger charge is -2.17. The van der Waals surface area contributed by atoms with Crippen LogP contribution >= 0.6 is 11.6 Å². The Morgan fingerprint density at radius 3 is 2.38 bits per heavy atom. The zero-order chi connectivity index (χ0) is 18.7. The van der Waals surface area contributed by atoms with E-state index in [1.165, 1.54) is 37.4 Å². The molecule has 8 heteroatoms. The Bertz CT molecular complexity index is 907. The summed E-state index contributed by atoms with van der Waals surface area (Å²) < 4.78 is 32.6. The Labute approximate surface area is 157 Å². The van der Waals surface area contributed by atoms with Crippen LogP contribution in [-0.4, -0.2) is 39.4 Å². The molecule has 1 amide bonds. The fourth-order valence-corrected chi connectivity index (χ4v) is 4.06. The predicted octanol–water partition coefficient (Wildman–Crippen LogP) is 3.39. The molecule has 1 aliphatic heterocycles. The maximum atomic E-state index is 12.6. The number of sulfonamides is 1. The van der Waals surface area contributed by atoms with Crippen molar-refractivity contribution in [2.75, 3.05) is 24.9 Å². The number of benzene rings is 2. The number of nitrogens with one attached hydrogen (secondary N) is 1. The summed E-state index contributed by atoms with van der Waals surface area (Å²) in [6, 6.07) is 10.6. The molecular weight excluding hydrogens is 376 g/mol. The average molecular weight is 395 g/mol. The van der Waals surface area contributed by atoms with Crippen molar-refractivity contribution in [3.05, 3.63) is 53.1 Å². The summed E-state index contributed by atoms with van der Waals surface area (Å²) in [7, 11) is -2.28. The number of anilines is 1. The van der Waals surface area contributed by atoms with Crippen LogP contribution in [0.5, 0.6) is 5.75 Å². The molecule has 2 aromatic rings. The quantitative estimate of drug-likeness (QED) is 0.843. The number of methoxy groups -OCH3 is 1. The first kappa shape index (κ1) is 18.5. The van der Waals surface area contributed by atoms with E-state index in [1.54, 1.807) is 17.0 Å². The summed E-state index contributed by atoms with van der Waals surface area (Å²) >= 11 is 6.15. The summed E-state index contributed by atoms with van der Waals surface area (Å²) in [5.74, 6) is 0.381. The molecule has 0 radical (unpaired) electrons. The van der Waals surface area contributed by atoms with E-state index in [0.717, 1.165) is 12.8 Å². The molecule has 6 nitrogen and oxygen atoms in total. The first-order chi connectivity index (χ1) is 12.4. The van der Waals surface area contributed by atoms with Crippen molar-refractivity contribution in [1.29, 1.82) is 0 Å². The first-order valence-corrected chi connectivity index (χ1v) is 10.0. The van der Waals surface area contributed by atoms with Gasteiger partial charge < -0.3 is 9.64 Å². The highest BCUT2D eigenvalue weighted by Gasteiger charge is 2.23. The number of amides is 1. The minimum Gasteiger partial charge on any atom is -0.497 e. The molecule has 3 rings (SSSR count).